The van der Waals surface area contributed by atoms with Crippen molar-refractivity contribution in [1.29, 1.82) is 0 Å². The van der Waals surface area contributed by atoms with Crippen LogP contribution in [0.1, 0.15) is 35.2 Å². The summed E-state index contributed by atoms with van der Waals surface area (Å²) in [5.74, 6) is 0.444. The van der Waals surface area contributed by atoms with E-state index >= 15 is 0 Å². The van der Waals surface area contributed by atoms with Crippen LogP contribution in [0.4, 0.5) is 5.69 Å². The number of hydrogen-bond donors (Lipinski definition) is 3. The summed E-state index contributed by atoms with van der Waals surface area (Å²) in [5.41, 5.74) is 2.16. The van der Waals surface area contributed by atoms with Crippen molar-refractivity contribution in [2.75, 3.05) is 25.0 Å². The highest BCUT2D eigenvalue weighted by Gasteiger charge is 2.19. The van der Waals surface area contributed by atoms with Gasteiger partial charge >= 0.3 is 5.97 Å². The lowest BCUT2D eigenvalue weighted by molar-refractivity contribution is -0.116. The van der Waals surface area contributed by atoms with Gasteiger partial charge in [0.2, 0.25) is 5.91 Å². The fourth-order valence-corrected chi connectivity index (χ4v) is 4.29. The van der Waals surface area contributed by atoms with E-state index in [1.807, 2.05) is 36.4 Å². The summed E-state index contributed by atoms with van der Waals surface area (Å²) in [6.07, 6.45) is 2.44. The van der Waals surface area contributed by atoms with Gasteiger partial charge in [0.1, 0.15) is 11.5 Å². The topological polar surface area (TPSA) is 90.9 Å². The van der Waals surface area contributed by atoms with Crippen LogP contribution in [0.2, 0.25) is 5.02 Å². The zero-order chi connectivity index (χ0) is 25.3. The number of carboxylic acids is 1. The van der Waals surface area contributed by atoms with Crippen molar-refractivity contribution in [3.05, 3.63) is 88.9 Å². The zero-order valence-electron chi connectivity index (χ0n) is 20.0. The first kappa shape index (κ1) is 25.7. The number of aromatic carboxylic acids is 1. The molecule has 1 amide bonds. The summed E-state index contributed by atoms with van der Waals surface area (Å²) in [6, 6.07) is 21.9. The number of carboxylic acid groups (broad SMARTS) is 1. The van der Waals surface area contributed by atoms with Crippen molar-refractivity contribution in [3.63, 3.8) is 0 Å². The highest BCUT2D eigenvalue weighted by molar-refractivity contribution is 6.30. The van der Waals surface area contributed by atoms with Crippen LogP contribution < -0.4 is 15.4 Å². The lowest BCUT2D eigenvalue weighted by Gasteiger charge is -2.32. The second-order valence-corrected chi connectivity index (χ2v) is 9.32. The monoisotopic (exact) mass is 507 g/mol. The Morgan fingerprint density at radius 2 is 1.53 bits per heavy atom. The molecule has 0 saturated carbocycles. The number of nitrogens with zero attached hydrogens (tertiary/aromatic N) is 1. The fraction of sp³-hybridized carbons (Fsp3) is 0.286. The number of likely N-dealkylation sites (tertiary alicyclic amines) is 1. The van der Waals surface area contributed by atoms with Crippen molar-refractivity contribution < 1.29 is 19.4 Å². The van der Waals surface area contributed by atoms with Crippen LogP contribution in [0.3, 0.4) is 0 Å². The third kappa shape index (κ3) is 7.81. The van der Waals surface area contributed by atoms with Crippen molar-refractivity contribution in [2.24, 2.45) is 0 Å². The van der Waals surface area contributed by atoms with Crippen LogP contribution in [0.5, 0.6) is 11.5 Å². The number of carbonyl (C=O) groups is 2. The molecule has 0 aliphatic carbocycles. The summed E-state index contributed by atoms with van der Waals surface area (Å²) in [4.78, 5) is 25.7. The highest BCUT2D eigenvalue weighted by atomic mass is 35.5. The van der Waals surface area contributed by atoms with E-state index in [-0.39, 0.29) is 5.91 Å². The van der Waals surface area contributed by atoms with E-state index in [9.17, 15) is 9.59 Å². The molecule has 0 spiro atoms. The minimum absolute atomic E-state index is 0.0314. The van der Waals surface area contributed by atoms with E-state index in [1.54, 1.807) is 36.4 Å². The molecule has 1 fully saturated rings. The number of ether oxygens (including phenoxy) is 1. The van der Waals surface area contributed by atoms with Crippen LogP contribution in [0.15, 0.2) is 72.8 Å². The first-order valence-electron chi connectivity index (χ1n) is 12.1. The quantitative estimate of drug-likeness (QED) is 0.340. The largest absolute Gasteiger partial charge is 0.478 e. The van der Waals surface area contributed by atoms with Crippen LogP contribution >= 0.6 is 11.6 Å². The van der Waals surface area contributed by atoms with Crippen molar-refractivity contribution in [1.82, 2.24) is 10.2 Å². The Labute approximate surface area is 216 Å². The average molecular weight is 508 g/mol. The maximum atomic E-state index is 12.3. The molecule has 1 heterocycles. The maximum Gasteiger partial charge on any atom is 0.335 e. The smallest absolute Gasteiger partial charge is 0.335 e. The molecule has 1 saturated heterocycles. The lowest BCUT2D eigenvalue weighted by Crippen LogP contribution is -2.42. The molecule has 3 N–H and O–H groups in total. The first-order valence-corrected chi connectivity index (χ1v) is 12.4. The molecule has 0 atom stereocenters. The van der Waals surface area contributed by atoms with Gasteiger partial charge in [-0.1, -0.05) is 23.7 Å². The van der Waals surface area contributed by atoms with Gasteiger partial charge in [0.05, 0.1) is 5.56 Å². The van der Waals surface area contributed by atoms with Crippen LogP contribution in [-0.2, 0) is 11.3 Å². The number of carbonyl (C=O) groups excluding carboxylic acids is 1. The van der Waals surface area contributed by atoms with Gasteiger partial charge in [-0.2, -0.15) is 0 Å². The summed E-state index contributed by atoms with van der Waals surface area (Å²) in [5, 5.41) is 16.1. The molecule has 0 radical (unpaired) electrons. The minimum Gasteiger partial charge on any atom is -0.478 e. The Kier molecular flexibility index (Phi) is 8.95. The number of nitrogens with one attached hydrogen (secondary N) is 2. The Hall–Kier alpha value is -3.39. The number of hydrogen-bond acceptors (Lipinski definition) is 5. The molecule has 1 aliphatic heterocycles. The van der Waals surface area contributed by atoms with E-state index in [4.69, 9.17) is 21.4 Å². The molecular weight excluding hydrogens is 478 g/mol. The number of halogens is 1. The normalized spacial score (nSPS) is 14.4. The van der Waals surface area contributed by atoms with Gasteiger partial charge in [0.15, 0.2) is 0 Å². The van der Waals surface area contributed by atoms with Crippen LogP contribution in [0.25, 0.3) is 0 Å². The standard InChI is InChI=1S/C28H30ClN3O4/c29-22-5-9-25(10-6-22)36-26-11-7-24(8-12-26)31-27(33)13-16-30-23-14-17-32(18-15-23)19-20-1-3-21(4-2-20)28(34)35/h1-12,23,30H,13-19H2,(H,31,33)(H,34,35). The van der Waals surface area contributed by atoms with Crippen LogP contribution in [-0.4, -0.2) is 47.6 Å². The van der Waals surface area contributed by atoms with E-state index in [0.29, 0.717) is 41.1 Å². The Morgan fingerprint density at radius 3 is 2.14 bits per heavy atom. The van der Waals surface area contributed by atoms with Gasteiger partial charge < -0.3 is 20.5 Å². The van der Waals surface area contributed by atoms with Gasteiger partial charge in [-0.3, -0.25) is 9.69 Å². The zero-order valence-corrected chi connectivity index (χ0v) is 20.7. The molecular formula is C28H30ClN3O4. The Bertz CT molecular complexity index is 1140. The van der Waals surface area contributed by atoms with Crippen molar-refractivity contribution in [2.45, 2.75) is 31.8 Å². The minimum atomic E-state index is -0.903. The van der Waals surface area contributed by atoms with Gasteiger partial charge in [-0.05, 0) is 92.2 Å². The second-order valence-electron chi connectivity index (χ2n) is 8.89. The molecule has 0 unspecified atom stereocenters. The molecule has 188 valence electrons. The highest BCUT2D eigenvalue weighted by Crippen LogP contribution is 2.24. The number of anilines is 1. The number of piperidine rings is 1. The summed E-state index contributed by atoms with van der Waals surface area (Å²) in [7, 11) is 0. The summed E-state index contributed by atoms with van der Waals surface area (Å²) >= 11 is 5.89. The summed E-state index contributed by atoms with van der Waals surface area (Å²) in [6.45, 7) is 3.38. The molecule has 1 aliphatic rings. The van der Waals surface area contributed by atoms with Gasteiger partial charge in [0.25, 0.3) is 0 Å². The third-order valence-corrected chi connectivity index (χ3v) is 6.42. The predicted molar refractivity (Wildman–Crippen MR) is 141 cm³/mol. The number of rotatable bonds is 10. The number of benzene rings is 3. The summed E-state index contributed by atoms with van der Waals surface area (Å²) < 4.78 is 5.77. The molecule has 8 heteroatoms. The Morgan fingerprint density at radius 1 is 0.917 bits per heavy atom. The average Bonchev–Trinajstić information content (AvgIpc) is 2.88. The molecule has 3 aromatic rings. The molecule has 36 heavy (non-hydrogen) atoms. The first-order chi connectivity index (χ1) is 17.4. The van der Waals surface area contributed by atoms with Crippen LogP contribution in [0, 0.1) is 0 Å². The fourth-order valence-electron chi connectivity index (χ4n) is 4.16. The van der Waals surface area contributed by atoms with Gasteiger partial charge in [-0.15, -0.1) is 0 Å². The molecule has 4 rings (SSSR count). The molecule has 0 aromatic heterocycles. The van der Waals surface area contributed by atoms with Gasteiger partial charge in [0, 0.05) is 36.3 Å². The number of amides is 1. The second kappa shape index (κ2) is 12.5. The van der Waals surface area contributed by atoms with E-state index in [1.165, 1.54) is 0 Å². The predicted octanol–water partition coefficient (Wildman–Crippen LogP) is 5.41. The lowest BCUT2D eigenvalue weighted by atomic mass is 10.0. The van der Waals surface area contributed by atoms with Crippen molar-refractivity contribution >= 4 is 29.2 Å². The molecule has 7 nitrogen and oxygen atoms in total. The maximum absolute atomic E-state index is 12.3. The Balaban J connectivity index is 1.12. The molecule has 0 bridgehead atoms. The van der Waals surface area contributed by atoms with E-state index in [2.05, 4.69) is 15.5 Å². The molecule has 3 aromatic carbocycles. The van der Waals surface area contributed by atoms with E-state index < -0.39 is 5.97 Å². The van der Waals surface area contributed by atoms with E-state index in [0.717, 1.165) is 43.7 Å². The van der Waals surface area contributed by atoms with Gasteiger partial charge in [-0.25, -0.2) is 4.79 Å². The third-order valence-electron chi connectivity index (χ3n) is 6.17. The SMILES string of the molecule is O=C(CCNC1CCN(Cc2ccc(C(=O)O)cc2)CC1)Nc1ccc(Oc2ccc(Cl)cc2)cc1. The van der Waals surface area contributed by atoms with Crippen molar-refractivity contribution in [3.8, 4) is 11.5 Å².